The average molecular weight is 303 g/mol. The molecule has 1 amide bonds. The molecule has 4 heteroatoms. The molecule has 120 valence electrons. The number of anilines is 1. The van der Waals surface area contributed by atoms with Gasteiger partial charge >= 0.3 is 5.97 Å². The molecule has 0 aliphatic heterocycles. The third kappa shape index (κ3) is 2.51. The number of benzene rings is 1. The second-order valence-corrected chi connectivity index (χ2v) is 7.24. The van der Waals surface area contributed by atoms with Crippen LogP contribution < -0.4 is 5.32 Å². The number of nitrogens with one attached hydrogen (secondary N) is 1. The Morgan fingerprint density at radius 2 is 1.82 bits per heavy atom. The molecule has 2 N–H and O–H groups in total. The number of rotatable bonds is 3. The standard InChI is InChI=1S/C18H25NO3/c1-11-6-7-13(10-12(11)2)19-15(20)14-8-9-18(5,16(21)22)17(14,3)4/h6-7,10,14H,8-9H2,1-5H3,(H,19,20)(H,21,22)/t14-,18-/m1/s1. The summed E-state index contributed by atoms with van der Waals surface area (Å²) in [5.74, 6) is -1.20. The summed E-state index contributed by atoms with van der Waals surface area (Å²) in [5.41, 5.74) is 1.63. The second kappa shape index (κ2) is 5.41. The summed E-state index contributed by atoms with van der Waals surface area (Å²) in [4.78, 5) is 24.2. The van der Waals surface area contributed by atoms with Crippen LogP contribution in [0, 0.1) is 30.6 Å². The van der Waals surface area contributed by atoms with Crippen molar-refractivity contribution in [1.29, 1.82) is 0 Å². The fourth-order valence-corrected chi connectivity index (χ4v) is 3.39. The number of hydrogen-bond donors (Lipinski definition) is 2. The van der Waals surface area contributed by atoms with E-state index in [0.29, 0.717) is 12.8 Å². The minimum Gasteiger partial charge on any atom is -0.481 e. The molecule has 0 radical (unpaired) electrons. The zero-order valence-corrected chi connectivity index (χ0v) is 14.0. The first-order chi connectivity index (χ1) is 10.1. The molecule has 4 nitrogen and oxygen atoms in total. The summed E-state index contributed by atoms with van der Waals surface area (Å²) in [6.07, 6.45) is 1.13. The van der Waals surface area contributed by atoms with E-state index in [-0.39, 0.29) is 11.8 Å². The molecule has 0 spiro atoms. The molecule has 22 heavy (non-hydrogen) atoms. The smallest absolute Gasteiger partial charge is 0.309 e. The molecule has 1 saturated carbocycles. The highest BCUT2D eigenvalue weighted by atomic mass is 16.4. The zero-order chi connectivity index (χ0) is 16.7. The minimum absolute atomic E-state index is 0.0850. The van der Waals surface area contributed by atoms with E-state index >= 15 is 0 Å². The summed E-state index contributed by atoms with van der Waals surface area (Å²) in [6, 6.07) is 5.82. The molecular formula is C18H25NO3. The van der Waals surface area contributed by atoms with Gasteiger partial charge in [0.2, 0.25) is 5.91 Å². The van der Waals surface area contributed by atoms with Crippen molar-refractivity contribution in [1.82, 2.24) is 0 Å². The number of carboxylic acids is 1. The van der Waals surface area contributed by atoms with Crippen LogP contribution in [0.3, 0.4) is 0 Å². The van der Waals surface area contributed by atoms with E-state index in [9.17, 15) is 14.7 Å². The van der Waals surface area contributed by atoms with Gasteiger partial charge < -0.3 is 10.4 Å². The molecule has 0 saturated heterocycles. The van der Waals surface area contributed by atoms with Crippen LogP contribution in [0.5, 0.6) is 0 Å². The molecular weight excluding hydrogens is 278 g/mol. The molecule has 1 fully saturated rings. The van der Waals surface area contributed by atoms with Crippen LogP contribution in [0.15, 0.2) is 18.2 Å². The van der Waals surface area contributed by atoms with Gasteiger partial charge in [0, 0.05) is 11.6 Å². The first kappa shape index (κ1) is 16.5. The number of carbonyl (C=O) groups excluding carboxylic acids is 1. The topological polar surface area (TPSA) is 66.4 Å². The van der Waals surface area contributed by atoms with Crippen LogP contribution in [0.1, 0.15) is 44.7 Å². The number of amides is 1. The van der Waals surface area contributed by atoms with Crippen molar-refractivity contribution in [3.63, 3.8) is 0 Å². The predicted octanol–water partition coefficient (Wildman–Crippen LogP) is 3.77. The number of aliphatic carboxylic acids is 1. The Labute approximate surface area is 131 Å². The summed E-state index contributed by atoms with van der Waals surface area (Å²) in [5, 5.41) is 12.5. The molecule has 1 aliphatic carbocycles. The molecule has 2 rings (SSSR count). The van der Waals surface area contributed by atoms with E-state index in [1.807, 2.05) is 45.9 Å². The van der Waals surface area contributed by atoms with E-state index in [4.69, 9.17) is 0 Å². The third-order valence-electron chi connectivity index (χ3n) is 5.79. The maximum absolute atomic E-state index is 12.6. The largest absolute Gasteiger partial charge is 0.481 e. The van der Waals surface area contributed by atoms with Gasteiger partial charge in [0.1, 0.15) is 0 Å². The van der Waals surface area contributed by atoms with Crippen LogP contribution in [-0.2, 0) is 9.59 Å². The van der Waals surface area contributed by atoms with Crippen molar-refractivity contribution in [3.05, 3.63) is 29.3 Å². The van der Waals surface area contributed by atoms with Crippen molar-refractivity contribution < 1.29 is 14.7 Å². The third-order valence-corrected chi connectivity index (χ3v) is 5.79. The van der Waals surface area contributed by atoms with Gasteiger partial charge in [-0.05, 0) is 62.3 Å². The molecule has 0 aromatic heterocycles. The lowest BCUT2D eigenvalue weighted by molar-refractivity contribution is -0.154. The van der Waals surface area contributed by atoms with Gasteiger partial charge in [-0.2, -0.15) is 0 Å². The highest BCUT2D eigenvalue weighted by Crippen LogP contribution is 2.56. The summed E-state index contributed by atoms with van der Waals surface area (Å²) in [6.45, 7) is 9.56. The Morgan fingerprint density at radius 3 is 2.32 bits per heavy atom. The van der Waals surface area contributed by atoms with Crippen molar-refractivity contribution in [3.8, 4) is 0 Å². The predicted molar refractivity (Wildman–Crippen MR) is 86.8 cm³/mol. The van der Waals surface area contributed by atoms with E-state index in [0.717, 1.165) is 11.3 Å². The van der Waals surface area contributed by atoms with Gasteiger partial charge in [0.25, 0.3) is 0 Å². The summed E-state index contributed by atoms with van der Waals surface area (Å²) >= 11 is 0. The molecule has 1 aromatic carbocycles. The normalized spacial score (nSPS) is 26.7. The first-order valence-corrected chi connectivity index (χ1v) is 7.71. The zero-order valence-electron chi connectivity index (χ0n) is 14.0. The molecule has 1 aliphatic rings. The highest BCUT2D eigenvalue weighted by Gasteiger charge is 2.58. The lowest BCUT2D eigenvalue weighted by Crippen LogP contribution is -2.43. The SMILES string of the molecule is Cc1ccc(NC(=O)[C@H]2CC[C@](C)(C(=O)O)C2(C)C)cc1C. The van der Waals surface area contributed by atoms with Crippen molar-refractivity contribution in [2.75, 3.05) is 5.32 Å². The van der Waals surface area contributed by atoms with Gasteiger partial charge in [-0.3, -0.25) is 9.59 Å². The molecule has 1 aromatic rings. The highest BCUT2D eigenvalue weighted by molar-refractivity contribution is 5.94. The van der Waals surface area contributed by atoms with Crippen LogP contribution in [0.25, 0.3) is 0 Å². The Balaban J connectivity index is 2.20. The Hall–Kier alpha value is -1.84. The van der Waals surface area contributed by atoms with Crippen LogP contribution >= 0.6 is 0 Å². The molecule has 2 atom stereocenters. The van der Waals surface area contributed by atoms with E-state index in [2.05, 4.69) is 5.32 Å². The lowest BCUT2D eigenvalue weighted by Gasteiger charge is -2.37. The fourth-order valence-electron chi connectivity index (χ4n) is 3.39. The summed E-state index contributed by atoms with van der Waals surface area (Å²) < 4.78 is 0. The quantitative estimate of drug-likeness (QED) is 0.893. The Bertz CT molecular complexity index is 621. The van der Waals surface area contributed by atoms with Gasteiger partial charge in [0.05, 0.1) is 5.41 Å². The number of aryl methyl sites for hydroxylation is 2. The number of hydrogen-bond acceptors (Lipinski definition) is 2. The van der Waals surface area contributed by atoms with Crippen molar-refractivity contribution in [2.24, 2.45) is 16.7 Å². The van der Waals surface area contributed by atoms with Crippen LogP contribution in [-0.4, -0.2) is 17.0 Å². The minimum atomic E-state index is -0.863. The molecule has 0 bridgehead atoms. The number of carbonyl (C=O) groups is 2. The van der Waals surface area contributed by atoms with E-state index < -0.39 is 16.8 Å². The van der Waals surface area contributed by atoms with Crippen LogP contribution in [0.4, 0.5) is 5.69 Å². The Kier molecular flexibility index (Phi) is 4.07. The van der Waals surface area contributed by atoms with Gasteiger partial charge in [-0.15, -0.1) is 0 Å². The van der Waals surface area contributed by atoms with Crippen molar-refractivity contribution in [2.45, 2.75) is 47.5 Å². The molecule has 0 unspecified atom stereocenters. The second-order valence-electron chi connectivity index (χ2n) is 7.24. The summed E-state index contributed by atoms with van der Waals surface area (Å²) in [7, 11) is 0. The van der Waals surface area contributed by atoms with Gasteiger partial charge in [-0.1, -0.05) is 19.9 Å². The fraction of sp³-hybridized carbons (Fsp3) is 0.556. The van der Waals surface area contributed by atoms with Crippen LogP contribution in [0.2, 0.25) is 0 Å². The number of carboxylic acid groups (broad SMARTS) is 1. The monoisotopic (exact) mass is 303 g/mol. The van der Waals surface area contributed by atoms with E-state index in [1.54, 1.807) is 6.92 Å². The maximum Gasteiger partial charge on any atom is 0.309 e. The van der Waals surface area contributed by atoms with Gasteiger partial charge in [-0.25, -0.2) is 0 Å². The average Bonchev–Trinajstić information content (AvgIpc) is 2.66. The van der Waals surface area contributed by atoms with Crippen molar-refractivity contribution >= 4 is 17.6 Å². The molecule has 0 heterocycles. The van der Waals surface area contributed by atoms with Gasteiger partial charge in [0.15, 0.2) is 0 Å². The Morgan fingerprint density at radius 1 is 1.18 bits per heavy atom. The van der Waals surface area contributed by atoms with E-state index in [1.165, 1.54) is 5.56 Å². The maximum atomic E-state index is 12.6. The lowest BCUT2D eigenvalue weighted by atomic mass is 9.65. The first-order valence-electron chi connectivity index (χ1n) is 7.71.